The van der Waals surface area contributed by atoms with Crippen LogP contribution in [0.15, 0.2) is 0 Å². The highest BCUT2D eigenvalue weighted by Gasteiger charge is 2.42. The minimum atomic E-state index is -0.711. The van der Waals surface area contributed by atoms with Crippen molar-refractivity contribution in [3.63, 3.8) is 0 Å². The van der Waals surface area contributed by atoms with Gasteiger partial charge in [-0.3, -0.25) is 9.69 Å². The average molecular weight is 269 g/mol. The van der Waals surface area contributed by atoms with Gasteiger partial charge in [0.2, 0.25) is 0 Å². The van der Waals surface area contributed by atoms with E-state index in [2.05, 4.69) is 25.7 Å². The molecule has 5 atom stereocenters. The van der Waals surface area contributed by atoms with Crippen LogP contribution in [0.4, 0.5) is 0 Å². The smallest absolute Gasteiger partial charge is 0.310 e. The van der Waals surface area contributed by atoms with E-state index in [1.807, 2.05) is 0 Å². The van der Waals surface area contributed by atoms with Crippen LogP contribution in [0.5, 0.6) is 0 Å². The van der Waals surface area contributed by atoms with Gasteiger partial charge >= 0.3 is 5.97 Å². The first-order valence-electron chi connectivity index (χ1n) is 7.62. The Bertz CT molecular complexity index is 321. The quantitative estimate of drug-likeness (QED) is 0.850. The Morgan fingerprint density at radius 1 is 1.26 bits per heavy atom. The summed E-state index contributed by atoms with van der Waals surface area (Å²) in [5.74, 6) is 0.309. The number of hydrogen-bond acceptors (Lipinski definition) is 3. The van der Waals surface area contributed by atoms with Crippen molar-refractivity contribution in [3.8, 4) is 0 Å². The van der Waals surface area contributed by atoms with Crippen LogP contribution in [0, 0.1) is 17.8 Å². The minimum absolute atomic E-state index is 0.0558. The second kappa shape index (κ2) is 6.23. The maximum Gasteiger partial charge on any atom is 0.310 e. The SMILES string of the molecule is CCN(C1COCC1C(=O)O)C1CCCC(C)C1C. The van der Waals surface area contributed by atoms with E-state index in [4.69, 9.17) is 4.74 Å². The zero-order valence-electron chi connectivity index (χ0n) is 12.3. The summed E-state index contributed by atoms with van der Waals surface area (Å²) in [4.78, 5) is 13.8. The van der Waals surface area contributed by atoms with E-state index in [-0.39, 0.29) is 12.0 Å². The van der Waals surface area contributed by atoms with Crippen LogP contribution in [-0.2, 0) is 9.53 Å². The van der Waals surface area contributed by atoms with Crippen molar-refractivity contribution in [2.24, 2.45) is 17.8 Å². The van der Waals surface area contributed by atoms with Gasteiger partial charge in [0, 0.05) is 12.1 Å². The monoisotopic (exact) mass is 269 g/mol. The van der Waals surface area contributed by atoms with Gasteiger partial charge in [-0.25, -0.2) is 0 Å². The number of ether oxygens (including phenoxy) is 1. The van der Waals surface area contributed by atoms with Crippen molar-refractivity contribution in [1.82, 2.24) is 4.90 Å². The summed E-state index contributed by atoms with van der Waals surface area (Å²) >= 11 is 0. The second-order valence-electron chi connectivity index (χ2n) is 6.21. The van der Waals surface area contributed by atoms with Crippen molar-refractivity contribution in [3.05, 3.63) is 0 Å². The summed E-state index contributed by atoms with van der Waals surface area (Å²) in [5, 5.41) is 9.34. The number of rotatable bonds is 4. The van der Waals surface area contributed by atoms with Gasteiger partial charge in [0.15, 0.2) is 0 Å². The molecule has 1 aliphatic carbocycles. The molecule has 2 aliphatic rings. The lowest BCUT2D eigenvalue weighted by molar-refractivity contribution is -0.143. The van der Waals surface area contributed by atoms with E-state index >= 15 is 0 Å². The van der Waals surface area contributed by atoms with Crippen molar-refractivity contribution in [2.75, 3.05) is 19.8 Å². The number of carboxylic acid groups (broad SMARTS) is 1. The third kappa shape index (κ3) is 2.95. The molecule has 0 radical (unpaired) electrons. The maximum atomic E-state index is 11.4. The molecule has 1 heterocycles. The summed E-state index contributed by atoms with van der Waals surface area (Å²) in [5.41, 5.74) is 0. The van der Waals surface area contributed by atoms with Gasteiger partial charge in [-0.1, -0.05) is 33.6 Å². The molecule has 1 saturated heterocycles. The maximum absolute atomic E-state index is 11.4. The van der Waals surface area contributed by atoms with Crippen molar-refractivity contribution < 1.29 is 14.6 Å². The fraction of sp³-hybridized carbons (Fsp3) is 0.933. The van der Waals surface area contributed by atoms with Crippen LogP contribution in [0.2, 0.25) is 0 Å². The standard InChI is InChI=1S/C15H27NO3/c1-4-16(13-7-5-6-10(2)11(13)3)14-9-19-8-12(14)15(17)18/h10-14H,4-9H2,1-3H3,(H,17,18). The normalized spacial score (nSPS) is 39.7. The zero-order chi connectivity index (χ0) is 14.0. The number of nitrogens with zero attached hydrogens (tertiary/aromatic N) is 1. The Morgan fingerprint density at radius 3 is 2.63 bits per heavy atom. The fourth-order valence-corrected chi connectivity index (χ4v) is 3.84. The number of carboxylic acids is 1. The van der Waals surface area contributed by atoms with Crippen LogP contribution in [0.3, 0.4) is 0 Å². The molecule has 0 spiro atoms. The van der Waals surface area contributed by atoms with Gasteiger partial charge in [-0.2, -0.15) is 0 Å². The lowest BCUT2D eigenvalue weighted by atomic mass is 9.76. The number of likely N-dealkylation sites (N-methyl/N-ethyl adjacent to an activating group) is 1. The Kier molecular flexibility index (Phi) is 4.85. The largest absolute Gasteiger partial charge is 0.481 e. The van der Waals surface area contributed by atoms with E-state index in [1.54, 1.807) is 0 Å². The van der Waals surface area contributed by atoms with Gasteiger partial charge in [0.25, 0.3) is 0 Å². The second-order valence-corrected chi connectivity index (χ2v) is 6.21. The molecule has 2 rings (SSSR count). The first-order chi connectivity index (χ1) is 9.06. The highest BCUT2D eigenvalue weighted by Crippen LogP contribution is 2.35. The molecule has 4 heteroatoms. The Balaban J connectivity index is 2.12. The van der Waals surface area contributed by atoms with E-state index in [0.29, 0.717) is 25.2 Å². The summed E-state index contributed by atoms with van der Waals surface area (Å²) in [6.07, 6.45) is 3.76. The third-order valence-corrected chi connectivity index (χ3v) is 5.25. The van der Waals surface area contributed by atoms with Gasteiger partial charge in [0.05, 0.1) is 19.1 Å². The zero-order valence-corrected chi connectivity index (χ0v) is 12.3. The van der Waals surface area contributed by atoms with Crippen LogP contribution in [0.25, 0.3) is 0 Å². The van der Waals surface area contributed by atoms with Crippen molar-refractivity contribution in [1.29, 1.82) is 0 Å². The molecule has 4 nitrogen and oxygen atoms in total. The van der Waals surface area contributed by atoms with E-state index in [1.165, 1.54) is 19.3 Å². The lowest BCUT2D eigenvalue weighted by Crippen LogP contribution is -2.52. The van der Waals surface area contributed by atoms with Crippen LogP contribution < -0.4 is 0 Å². The van der Waals surface area contributed by atoms with Gasteiger partial charge < -0.3 is 9.84 Å². The predicted molar refractivity (Wildman–Crippen MR) is 74.1 cm³/mol. The van der Waals surface area contributed by atoms with Gasteiger partial charge in [0.1, 0.15) is 0 Å². The van der Waals surface area contributed by atoms with E-state index < -0.39 is 5.97 Å². The summed E-state index contributed by atoms with van der Waals surface area (Å²) < 4.78 is 5.44. The minimum Gasteiger partial charge on any atom is -0.481 e. The molecule has 1 saturated carbocycles. The molecule has 0 aromatic rings. The molecular formula is C15H27NO3. The Morgan fingerprint density at radius 2 is 2.00 bits per heavy atom. The van der Waals surface area contributed by atoms with Crippen LogP contribution in [0.1, 0.15) is 40.0 Å². The summed E-state index contributed by atoms with van der Waals surface area (Å²) in [7, 11) is 0. The Labute approximate surface area is 116 Å². The predicted octanol–water partition coefficient (Wildman–Crippen LogP) is 2.23. The summed E-state index contributed by atoms with van der Waals surface area (Å²) in [6, 6.07) is 0.572. The first kappa shape index (κ1) is 14.8. The molecule has 1 aliphatic heterocycles. The molecule has 1 N–H and O–H groups in total. The van der Waals surface area contributed by atoms with Crippen molar-refractivity contribution in [2.45, 2.75) is 52.1 Å². The number of aliphatic carboxylic acids is 1. The molecule has 110 valence electrons. The molecular weight excluding hydrogens is 242 g/mol. The third-order valence-electron chi connectivity index (χ3n) is 5.25. The fourth-order valence-electron chi connectivity index (χ4n) is 3.84. The molecule has 0 aromatic carbocycles. The lowest BCUT2D eigenvalue weighted by Gasteiger charge is -2.44. The van der Waals surface area contributed by atoms with Crippen molar-refractivity contribution >= 4 is 5.97 Å². The van der Waals surface area contributed by atoms with Gasteiger partial charge in [-0.15, -0.1) is 0 Å². The average Bonchev–Trinajstić information content (AvgIpc) is 2.85. The topological polar surface area (TPSA) is 49.8 Å². The van der Waals surface area contributed by atoms with Crippen LogP contribution in [-0.4, -0.2) is 47.8 Å². The number of hydrogen-bond donors (Lipinski definition) is 1. The van der Waals surface area contributed by atoms with E-state index in [9.17, 15) is 9.90 Å². The highest BCUT2D eigenvalue weighted by molar-refractivity contribution is 5.71. The number of carbonyl (C=O) groups is 1. The molecule has 0 bridgehead atoms. The first-order valence-corrected chi connectivity index (χ1v) is 7.62. The highest BCUT2D eigenvalue weighted by atomic mass is 16.5. The summed E-state index contributed by atoms with van der Waals surface area (Å²) in [6.45, 7) is 8.64. The molecule has 0 aromatic heterocycles. The molecule has 5 unspecified atom stereocenters. The Hall–Kier alpha value is -0.610. The van der Waals surface area contributed by atoms with Gasteiger partial charge in [-0.05, 0) is 24.8 Å². The molecule has 19 heavy (non-hydrogen) atoms. The van der Waals surface area contributed by atoms with E-state index in [0.717, 1.165) is 12.5 Å². The molecule has 2 fully saturated rings. The van der Waals surface area contributed by atoms with Crippen LogP contribution >= 0.6 is 0 Å². The molecule has 0 amide bonds.